The molecule has 5 nitrogen and oxygen atoms in total. The summed E-state index contributed by atoms with van der Waals surface area (Å²) in [4.78, 5) is 0. The molecule has 0 bridgehead atoms. The molecule has 0 aliphatic rings. The van der Waals surface area contributed by atoms with Gasteiger partial charge in [0.25, 0.3) is 0 Å². The standard InChI is InChI=1S/C28H32BrNO4S/c1-4-5-6-28(19-22-7-13-25(29)14-8-22)35(31,32)30(20-23-9-15-26(33-2)16-10-23)21-24-11-17-27(34-3)18-12-24/h4,7-18,28H,1,5-6,19-21H2,2-3H3. The highest BCUT2D eigenvalue weighted by Gasteiger charge is 2.32. The van der Waals surface area contributed by atoms with Crippen LogP contribution in [0, 0.1) is 0 Å². The number of nitrogens with zero attached hydrogens (tertiary/aromatic N) is 1. The molecule has 3 aromatic carbocycles. The lowest BCUT2D eigenvalue weighted by Gasteiger charge is -2.28. The van der Waals surface area contributed by atoms with E-state index in [-0.39, 0.29) is 13.1 Å². The number of hydrogen-bond acceptors (Lipinski definition) is 4. The first-order valence-electron chi connectivity index (χ1n) is 11.5. The molecule has 1 atom stereocenters. The lowest BCUT2D eigenvalue weighted by Crippen LogP contribution is -2.39. The Morgan fingerprint density at radius 2 is 1.29 bits per heavy atom. The Morgan fingerprint density at radius 1 is 0.829 bits per heavy atom. The second kappa shape index (κ2) is 12.9. The van der Waals surface area contributed by atoms with Gasteiger partial charge in [0, 0.05) is 17.6 Å². The first-order chi connectivity index (χ1) is 16.8. The summed E-state index contributed by atoms with van der Waals surface area (Å²) in [6.07, 6.45) is 3.34. The summed E-state index contributed by atoms with van der Waals surface area (Å²) < 4.78 is 41.3. The average Bonchev–Trinajstić information content (AvgIpc) is 2.88. The second-order valence-electron chi connectivity index (χ2n) is 8.33. The van der Waals surface area contributed by atoms with Crippen molar-refractivity contribution < 1.29 is 17.9 Å². The summed E-state index contributed by atoms with van der Waals surface area (Å²) in [5, 5.41) is -0.571. The van der Waals surface area contributed by atoms with Crippen molar-refractivity contribution in [3.8, 4) is 11.5 Å². The molecule has 0 heterocycles. The topological polar surface area (TPSA) is 55.8 Å². The zero-order valence-corrected chi connectivity index (χ0v) is 22.6. The third kappa shape index (κ3) is 7.69. The molecule has 0 aliphatic carbocycles. The van der Waals surface area contributed by atoms with Crippen LogP contribution in [0.5, 0.6) is 11.5 Å². The van der Waals surface area contributed by atoms with Crippen LogP contribution in [-0.2, 0) is 29.5 Å². The normalized spacial score (nSPS) is 12.3. The van der Waals surface area contributed by atoms with Crippen LogP contribution in [0.15, 0.2) is 89.9 Å². The van der Waals surface area contributed by atoms with Gasteiger partial charge < -0.3 is 9.47 Å². The van der Waals surface area contributed by atoms with E-state index in [1.807, 2.05) is 72.8 Å². The molecule has 0 aromatic heterocycles. The van der Waals surface area contributed by atoms with Crippen molar-refractivity contribution in [2.75, 3.05) is 14.2 Å². The van der Waals surface area contributed by atoms with E-state index in [0.29, 0.717) is 19.3 Å². The number of sulfonamides is 1. The van der Waals surface area contributed by atoms with E-state index in [2.05, 4.69) is 22.5 Å². The average molecular weight is 559 g/mol. The maximum Gasteiger partial charge on any atom is 0.217 e. The predicted molar refractivity (Wildman–Crippen MR) is 145 cm³/mol. The second-order valence-corrected chi connectivity index (χ2v) is 11.5. The highest BCUT2D eigenvalue weighted by atomic mass is 79.9. The first kappa shape index (κ1) is 27.0. The van der Waals surface area contributed by atoms with Crippen molar-refractivity contribution in [1.29, 1.82) is 0 Å². The number of benzene rings is 3. The minimum absolute atomic E-state index is 0.267. The molecular weight excluding hydrogens is 526 g/mol. The van der Waals surface area contributed by atoms with Crippen LogP contribution in [-0.4, -0.2) is 32.2 Å². The van der Waals surface area contributed by atoms with E-state index >= 15 is 0 Å². The lowest BCUT2D eigenvalue weighted by molar-refractivity contribution is 0.388. The molecule has 0 radical (unpaired) electrons. The van der Waals surface area contributed by atoms with Gasteiger partial charge in [-0.1, -0.05) is 58.4 Å². The monoisotopic (exact) mass is 557 g/mol. The number of hydrogen-bond donors (Lipinski definition) is 0. The molecule has 0 N–H and O–H groups in total. The smallest absolute Gasteiger partial charge is 0.217 e. The summed E-state index contributed by atoms with van der Waals surface area (Å²) in [7, 11) is -0.434. The van der Waals surface area contributed by atoms with Gasteiger partial charge in [0.2, 0.25) is 10.0 Å². The van der Waals surface area contributed by atoms with Crippen LogP contribution in [0.3, 0.4) is 0 Å². The van der Waals surface area contributed by atoms with Crippen LogP contribution in [0.1, 0.15) is 29.5 Å². The molecule has 3 rings (SSSR count). The van der Waals surface area contributed by atoms with Gasteiger partial charge in [0.15, 0.2) is 0 Å². The Hall–Kier alpha value is -2.61. The zero-order chi connectivity index (χ0) is 25.3. The van der Waals surface area contributed by atoms with Crippen molar-refractivity contribution >= 4 is 26.0 Å². The largest absolute Gasteiger partial charge is 0.497 e. The van der Waals surface area contributed by atoms with Crippen molar-refractivity contribution in [2.45, 2.75) is 37.6 Å². The van der Waals surface area contributed by atoms with Crippen LogP contribution >= 0.6 is 15.9 Å². The molecule has 0 amide bonds. The first-order valence-corrected chi connectivity index (χ1v) is 13.8. The van der Waals surface area contributed by atoms with E-state index in [9.17, 15) is 8.42 Å². The van der Waals surface area contributed by atoms with Gasteiger partial charge >= 0.3 is 0 Å². The quantitative estimate of drug-likeness (QED) is 0.229. The van der Waals surface area contributed by atoms with Crippen LogP contribution in [0.25, 0.3) is 0 Å². The number of halogens is 1. The van der Waals surface area contributed by atoms with Crippen LogP contribution in [0.2, 0.25) is 0 Å². The summed E-state index contributed by atoms with van der Waals surface area (Å²) in [5.41, 5.74) is 2.78. The lowest BCUT2D eigenvalue weighted by atomic mass is 10.1. The van der Waals surface area contributed by atoms with Crippen molar-refractivity contribution in [3.63, 3.8) is 0 Å². The van der Waals surface area contributed by atoms with Crippen LogP contribution in [0.4, 0.5) is 0 Å². The molecule has 7 heteroatoms. The van der Waals surface area contributed by atoms with Gasteiger partial charge in [0.05, 0.1) is 19.5 Å². The van der Waals surface area contributed by atoms with Gasteiger partial charge in [-0.3, -0.25) is 0 Å². The summed E-state index contributed by atoms with van der Waals surface area (Å²) >= 11 is 3.45. The molecule has 1 unspecified atom stereocenters. The molecule has 0 saturated carbocycles. The Morgan fingerprint density at radius 3 is 1.71 bits per heavy atom. The fourth-order valence-electron chi connectivity index (χ4n) is 3.86. The maximum absolute atomic E-state index is 14.1. The summed E-state index contributed by atoms with van der Waals surface area (Å²) in [6, 6.07) is 22.9. The summed E-state index contributed by atoms with van der Waals surface area (Å²) in [5.74, 6) is 1.47. The van der Waals surface area contributed by atoms with E-state index in [4.69, 9.17) is 9.47 Å². The van der Waals surface area contributed by atoms with Gasteiger partial charge in [-0.2, -0.15) is 4.31 Å². The Bertz CT molecular complexity index is 1130. The third-order valence-corrected chi connectivity index (χ3v) is 8.64. The molecule has 3 aromatic rings. The highest BCUT2D eigenvalue weighted by Crippen LogP contribution is 2.25. The highest BCUT2D eigenvalue weighted by molar-refractivity contribution is 9.10. The third-order valence-electron chi connectivity index (χ3n) is 5.89. The number of allylic oxidation sites excluding steroid dienone is 1. The predicted octanol–water partition coefficient (Wildman–Crippen LogP) is 6.38. The molecule has 186 valence electrons. The summed E-state index contributed by atoms with van der Waals surface area (Å²) in [6.45, 7) is 4.34. The minimum Gasteiger partial charge on any atom is -0.497 e. The van der Waals surface area contributed by atoms with E-state index in [0.717, 1.165) is 32.7 Å². The van der Waals surface area contributed by atoms with Crippen molar-refractivity contribution in [1.82, 2.24) is 4.31 Å². The number of rotatable bonds is 13. The van der Waals surface area contributed by atoms with E-state index in [1.54, 1.807) is 24.6 Å². The minimum atomic E-state index is -3.66. The van der Waals surface area contributed by atoms with Crippen molar-refractivity contribution in [2.24, 2.45) is 0 Å². The molecule has 0 saturated heterocycles. The van der Waals surface area contributed by atoms with Crippen molar-refractivity contribution in [3.05, 3.63) is 107 Å². The number of methoxy groups -OCH3 is 2. The Labute approximate surface area is 217 Å². The van der Waals surface area contributed by atoms with E-state index in [1.165, 1.54) is 0 Å². The van der Waals surface area contributed by atoms with E-state index < -0.39 is 15.3 Å². The van der Waals surface area contributed by atoms with Crippen LogP contribution < -0.4 is 9.47 Å². The molecule has 35 heavy (non-hydrogen) atoms. The molecule has 0 aliphatic heterocycles. The molecule has 0 fully saturated rings. The fourth-order valence-corrected chi connectivity index (χ4v) is 6.04. The Kier molecular flexibility index (Phi) is 9.95. The fraction of sp³-hybridized carbons (Fsp3) is 0.286. The molecular formula is C28H32BrNO4S. The Balaban J connectivity index is 1.94. The SMILES string of the molecule is C=CCCC(Cc1ccc(Br)cc1)S(=O)(=O)N(Cc1ccc(OC)cc1)Cc1ccc(OC)cc1. The molecule has 0 spiro atoms. The van der Waals surface area contributed by atoms with Gasteiger partial charge in [0.1, 0.15) is 11.5 Å². The van der Waals surface area contributed by atoms with Gasteiger partial charge in [-0.25, -0.2) is 8.42 Å². The van der Waals surface area contributed by atoms with Gasteiger partial charge in [-0.05, 0) is 72.4 Å². The number of ether oxygens (including phenoxy) is 2. The maximum atomic E-state index is 14.1. The zero-order valence-electron chi connectivity index (χ0n) is 20.2. The van der Waals surface area contributed by atoms with Gasteiger partial charge in [-0.15, -0.1) is 6.58 Å².